The first-order valence-corrected chi connectivity index (χ1v) is 6.36. The Labute approximate surface area is 111 Å². The van der Waals surface area contributed by atoms with Crippen LogP contribution in [0.4, 0.5) is 17.3 Å². The molecule has 19 heavy (non-hydrogen) atoms. The van der Waals surface area contributed by atoms with Crippen LogP contribution < -0.4 is 11.1 Å². The van der Waals surface area contributed by atoms with Gasteiger partial charge in [0.25, 0.3) is 0 Å². The Kier molecular flexibility index (Phi) is 4.10. The van der Waals surface area contributed by atoms with Gasteiger partial charge in [-0.25, -0.2) is 9.97 Å². The Morgan fingerprint density at radius 3 is 3.11 bits per heavy atom. The van der Waals surface area contributed by atoms with Gasteiger partial charge in [-0.1, -0.05) is 6.92 Å². The Morgan fingerprint density at radius 1 is 1.63 bits per heavy atom. The molecule has 0 bridgehead atoms. The molecular weight excluding hydrogens is 248 g/mol. The van der Waals surface area contributed by atoms with E-state index in [2.05, 4.69) is 27.1 Å². The molecule has 1 aromatic heterocycles. The summed E-state index contributed by atoms with van der Waals surface area (Å²) in [5, 5.41) is 14.0. The summed E-state index contributed by atoms with van der Waals surface area (Å²) in [6.45, 7) is 4.81. The summed E-state index contributed by atoms with van der Waals surface area (Å²) in [6.07, 6.45) is 3.49. The second-order valence-electron chi connectivity index (χ2n) is 4.52. The zero-order valence-corrected chi connectivity index (χ0v) is 10.9. The van der Waals surface area contributed by atoms with Crippen molar-refractivity contribution >= 4 is 17.3 Å². The molecule has 1 atom stereocenters. The second-order valence-corrected chi connectivity index (χ2v) is 4.52. The number of hydrogen-bond donors (Lipinski definition) is 2. The van der Waals surface area contributed by atoms with Crippen LogP contribution in [0.15, 0.2) is 6.33 Å². The molecule has 8 nitrogen and oxygen atoms in total. The number of nitro groups is 1. The third-order valence-electron chi connectivity index (χ3n) is 3.44. The van der Waals surface area contributed by atoms with Crippen LogP contribution >= 0.6 is 0 Å². The van der Waals surface area contributed by atoms with Crippen LogP contribution in [0.1, 0.15) is 19.8 Å². The predicted octanol–water partition coefficient (Wildman–Crippen LogP) is 0.863. The van der Waals surface area contributed by atoms with Crippen LogP contribution in [0.5, 0.6) is 0 Å². The molecular formula is C11H18N6O2. The molecule has 3 N–H and O–H groups in total. The molecule has 1 fully saturated rings. The number of aromatic nitrogens is 2. The van der Waals surface area contributed by atoms with E-state index in [1.807, 2.05) is 0 Å². The standard InChI is InChI=1S/C11H18N6O2/c1-2-16-5-3-4-8(16)6-13-11-9(17(18)19)10(12)14-7-15-11/h7-8H,2-6H2,1H3,(H3,12,13,14,15)/t8-/m1/s1. The summed E-state index contributed by atoms with van der Waals surface area (Å²) in [5.74, 6) is 0.0849. The number of nitrogens with two attached hydrogens (primary N) is 1. The number of nitrogens with zero attached hydrogens (tertiary/aromatic N) is 4. The summed E-state index contributed by atoms with van der Waals surface area (Å²) in [7, 11) is 0. The van der Waals surface area contributed by atoms with Gasteiger partial charge in [0, 0.05) is 12.6 Å². The van der Waals surface area contributed by atoms with E-state index in [9.17, 15) is 10.1 Å². The molecule has 8 heteroatoms. The van der Waals surface area contributed by atoms with Gasteiger partial charge >= 0.3 is 5.69 Å². The van der Waals surface area contributed by atoms with E-state index in [-0.39, 0.29) is 17.3 Å². The summed E-state index contributed by atoms with van der Waals surface area (Å²) < 4.78 is 0. The SMILES string of the molecule is CCN1CCC[C@@H]1CNc1ncnc(N)c1[N+](=O)[O-]. The molecule has 104 valence electrons. The van der Waals surface area contributed by atoms with Crippen molar-refractivity contribution in [3.63, 3.8) is 0 Å². The topological polar surface area (TPSA) is 110 Å². The zero-order valence-electron chi connectivity index (χ0n) is 10.9. The molecule has 0 unspecified atom stereocenters. The highest BCUT2D eigenvalue weighted by atomic mass is 16.6. The van der Waals surface area contributed by atoms with E-state index >= 15 is 0 Å². The van der Waals surface area contributed by atoms with Crippen molar-refractivity contribution in [2.45, 2.75) is 25.8 Å². The van der Waals surface area contributed by atoms with E-state index in [1.54, 1.807) is 0 Å². The van der Waals surface area contributed by atoms with Crippen molar-refractivity contribution in [1.82, 2.24) is 14.9 Å². The van der Waals surface area contributed by atoms with Gasteiger partial charge in [0.1, 0.15) is 6.33 Å². The molecule has 2 heterocycles. The Hall–Kier alpha value is -1.96. The van der Waals surface area contributed by atoms with E-state index in [0.29, 0.717) is 12.6 Å². The Balaban J connectivity index is 2.07. The molecule has 2 rings (SSSR count). The minimum Gasteiger partial charge on any atom is -0.378 e. The van der Waals surface area contributed by atoms with Crippen LogP contribution in [0.2, 0.25) is 0 Å². The summed E-state index contributed by atoms with van der Waals surface area (Å²) in [4.78, 5) is 20.3. The number of hydrogen-bond acceptors (Lipinski definition) is 7. The average molecular weight is 266 g/mol. The molecule has 0 amide bonds. The number of nitrogen functional groups attached to an aromatic ring is 1. The summed E-state index contributed by atoms with van der Waals surface area (Å²) >= 11 is 0. The monoisotopic (exact) mass is 266 g/mol. The van der Waals surface area contributed by atoms with Crippen molar-refractivity contribution in [1.29, 1.82) is 0 Å². The van der Waals surface area contributed by atoms with Gasteiger partial charge in [-0.05, 0) is 25.9 Å². The highest BCUT2D eigenvalue weighted by molar-refractivity contribution is 5.67. The third kappa shape index (κ3) is 2.90. The minimum atomic E-state index is -0.552. The Bertz CT molecular complexity index is 466. The third-order valence-corrected chi connectivity index (χ3v) is 3.44. The van der Waals surface area contributed by atoms with E-state index < -0.39 is 4.92 Å². The van der Waals surface area contributed by atoms with Crippen molar-refractivity contribution in [2.24, 2.45) is 0 Å². The average Bonchev–Trinajstić information content (AvgIpc) is 2.83. The molecule has 0 radical (unpaired) electrons. The maximum Gasteiger partial charge on any atom is 0.352 e. The van der Waals surface area contributed by atoms with Crippen LogP contribution in [-0.2, 0) is 0 Å². The van der Waals surface area contributed by atoms with Crippen molar-refractivity contribution in [2.75, 3.05) is 30.7 Å². The van der Waals surface area contributed by atoms with Gasteiger partial charge in [0.2, 0.25) is 11.6 Å². The molecule has 0 saturated carbocycles. The summed E-state index contributed by atoms with van der Waals surface area (Å²) in [5.41, 5.74) is 5.27. The van der Waals surface area contributed by atoms with Gasteiger partial charge < -0.3 is 11.1 Å². The fourth-order valence-corrected chi connectivity index (χ4v) is 2.46. The lowest BCUT2D eigenvalue weighted by molar-refractivity contribution is -0.383. The molecule has 0 aromatic carbocycles. The maximum absolute atomic E-state index is 11.0. The van der Waals surface area contributed by atoms with Crippen LogP contribution in [0.25, 0.3) is 0 Å². The van der Waals surface area contributed by atoms with Gasteiger partial charge in [-0.15, -0.1) is 0 Å². The Morgan fingerprint density at radius 2 is 2.42 bits per heavy atom. The molecule has 1 aromatic rings. The van der Waals surface area contributed by atoms with Crippen LogP contribution in [0, 0.1) is 10.1 Å². The molecule has 1 aliphatic heterocycles. The van der Waals surface area contributed by atoms with E-state index in [0.717, 1.165) is 25.9 Å². The number of likely N-dealkylation sites (tertiary alicyclic amines) is 1. The normalized spacial score (nSPS) is 19.5. The van der Waals surface area contributed by atoms with Crippen LogP contribution in [0.3, 0.4) is 0 Å². The van der Waals surface area contributed by atoms with Gasteiger partial charge in [0.05, 0.1) is 4.92 Å². The number of rotatable bonds is 5. The highest BCUT2D eigenvalue weighted by Crippen LogP contribution is 2.27. The first-order valence-electron chi connectivity index (χ1n) is 6.36. The van der Waals surface area contributed by atoms with Crippen molar-refractivity contribution < 1.29 is 4.92 Å². The predicted molar refractivity (Wildman–Crippen MR) is 71.9 cm³/mol. The lowest BCUT2D eigenvalue weighted by Crippen LogP contribution is -2.34. The van der Waals surface area contributed by atoms with Crippen molar-refractivity contribution in [3.8, 4) is 0 Å². The van der Waals surface area contributed by atoms with Gasteiger partial charge in [-0.3, -0.25) is 15.0 Å². The van der Waals surface area contributed by atoms with E-state index in [1.165, 1.54) is 6.33 Å². The first kappa shape index (κ1) is 13.5. The maximum atomic E-state index is 11.0. The van der Waals surface area contributed by atoms with Crippen LogP contribution in [-0.4, -0.2) is 45.5 Å². The zero-order chi connectivity index (χ0) is 13.8. The van der Waals surface area contributed by atoms with Gasteiger partial charge in [0.15, 0.2) is 0 Å². The molecule has 1 saturated heterocycles. The number of likely N-dealkylation sites (N-methyl/N-ethyl adjacent to an activating group) is 1. The fraction of sp³-hybridized carbons (Fsp3) is 0.636. The largest absolute Gasteiger partial charge is 0.378 e. The quantitative estimate of drug-likeness (QED) is 0.600. The second kappa shape index (κ2) is 5.79. The lowest BCUT2D eigenvalue weighted by atomic mass is 10.2. The van der Waals surface area contributed by atoms with E-state index in [4.69, 9.17) is 5.73 Å². The lowest BCUT2D eigenvalue weighted by Gasteiger charge is -2.22. The number of anilines is 2. The fourth-order valence-electron chi connectivity index (χ4n) is 2.46. The van der Waals surface area contributed by atoms with Gasteiger partial charge in [-0.2, -0.15) is 0 Å². The summed E-state index contributed by atoms with van der Waals surface area (Å²) in [6, 6.07) is 0.390. The minimum absolute atomic E-state index is 0.110. The number of nitrogens with one attached hydrogen (secondary N) is 1. The first-order chi connectivity index (χ1) is 9.13. The molecule has 0 aliphatic carbocycles. The molecule has 1 aliphatic rings. The smallest absolute Gasteiger partial charge is 0.352 e. The van der Waals surface area contributed by atoms with Crippen molar-refractivity contribution in [3.05, 3.63) is 16.4 Å². The highest BCUT2D eigenvalue weighted by Gasteiger charge is 2.25. The molecule has 0 spiro atoms.